The molecule has 3 rings (SSSR count). The fourth-order valence-electron chi connectivity index (χ4n) is 2.09. The molecule has 100 valence electrons. The first-order chi connectivity index (χ1) is 9.66. The van der Waals surface area contributed by atoms with Crippen LogP contribution < -0.4 is 0 Å². The molecule has 5 nitrogen and oxygen atoms in total. The van der Waals surface area contributed by atoms with Gasteiger partial charge in [-0.2, -0.15) is 0 Å². The highest BCUT2D eigenvalue weighted by atomic mass is 16.2. The highest BCUT2D eigenvalue weighted by Crippen LogP contribution is 2.22. The number of aromatic nitrogens is 3. The van der Waals surface area contributed by atoms with Crippen molar-refractivity contribution in [1.29, 1.82) is 0 Å². The maximum absolute atomic E-state index is 12.2. The Bertz CT molecular complexity index is 762. The summed E-state index contributed by atoms with van der Waals surface area (Å²) in [6, 6.07) is 9.32. The van der Waals surface area contributed by atoms with Crippen LogP contribution in [0, 0.1) is 0 Å². The molecule has 0 fully saturated rings. The Kier molecular flexibility index (Phi) is 2.95. The van der Waals surface area contributed by atoms with E-state index in [1.54, 1.807) is 37.5 Å². The van der Waals surface area contributed by atoms with Crippen LogP contribution in [0.25, 0.3) is 22.4 Å². The number of carbonyl (C=O) groups excluding carboxylic acids is 1. The summed E-state index contributed by atoms with van der Waals surface area (Å²) in [7, 11) is 3.47. The number of amides is 1. The molecule has 1 N–H and O–H groups in total. The van der Waals surface area contributed by atoms with Gasteiger partial charge in [-0.15, -0.1) is 0 Å². The minimum atomic E-state index is -0.0524. The van der Waals surface area contributed by atoms with Gasteiger partial charge in [0.25, 0.3) is 5.91 Å². The molecule has 0 unspecified atom stereocenters. The number of fused-ring (bicyclic) bond motifs is 1. The molecule has 0 spiro atoms. The predicted molar refractivity (Wildman–Crippen MR) is 77.3 cm³/mol. The van der Waals surface area contributed by atoms with Crippen LogP contribution in [-0.4, -0.2) is 39.9 Å². The van der Waals surface area contributed by atoms with Gasteiger partial charge in [0, 0.05) is 32.1 Å². The Morgan fingerprint density at radius 1 is 1.15 bits per heavy atom. The lowest BCUT2D eigenvalue weighted by molar-refractivity contribution is 0.0829. The minimum absolute atomic E-state index is 0.0524. The quantitative estimate of drug-likeness (QED) is 0.774. The smallest absolute Gasteiger partial charge is 0.255 e. The molecule has 0 aliphatic rings. The summed E-state index contributed by atoms with van der Waals surface area (Å²) in [4.78, 5) is 25.5. The SMILES string of the molecule is CN(C)C(=O)c1cccc2[nH]c(-c3ccncc3)nc12. The van der Waals surface area contributed by atoms with Crippen molar-refractivity contribution in [3.8, 4) is 11.4 Å². The molecule has 0 bridgehead atoms. The van der Waals surface area contributed by atoms with Crippen molar-refractivity contribution in [3.05, 3.63) is 48.3 Å². The number of para-hydroxylation sites is 1. The number of benzene rings is 1. The summed E-state index contributed by atoms with van der Waals surface area (Å²) in [5.41, 5.74) is 3.09. The van der Waals surface area contributed by atoms with Gasteiger partial charge in [0.2, 0.25) is 0 Å². The van der Waals surface area contributed by atoms with Gasteiger partial charge < -0.3 is 9.88 Å². The van der Waals surface area contributed by atoms with E-state index in [9.17, 15) is 4.79 Å². The largest absolute Gasteiger partial charge is 0.345 e. The average molecular weight is 266 g/mol. The number of nitrogens with zero attached hydrogens (tertiary/aromatic N) is 3. The Morgan fingerprint density at radius 2 is 1.90 bits per heavy atom. The first-order valence-electron chi connectivity index (χ1n) is 6.27. The third-order valence-electron chi connectivity index (χ3n) is 3.10. The average Bonchev–Trinajstić information content (AvgIpc) is 2.91. The lowest BCUT2D eigenvalue weighted by atomic mass is 10.1. The summed E-state index contributed by atoms with van der Waals surface area (Å²) in [5.74, 6) is 0.685. The maximum atomic E-state index is 12.2. The molecule has 0 radical (unpaired) electrons. The number of pyridine rings is 1. The lowest BCUT2D eigenvalue weighted by Gasteiger charge is -2.09. The molecule has 0 saturated carbocycles. The lowest BCUT2D eigenvalue weighted by Crippen LogP contribution is -2.21. The molecular weight excluding hydrogens is 252 g/mol. The van der Waals surface area contributed by atoms with Gasteiger partial charge in [-0.05, 0) is 24.3 Å². The summed E-state index contributed by atoms with van der Waals surface area (Å²) < 4.78 is 0. The third-order valence-corrected chi connectivity index (χ3v) is 3.10. The topological polar surface area (TPSA) is 61.9 Å². The molecule has 0 atom stereocenters. The van der Waals surface area contributed by atoms with Gasteiger partial charge in [-0.3, -0.25) is 9.78 Å². The second-order valence-electron chi connectivity index (χ2n) is 4.72. The van der Waals surface area contributed by atoms with Crippen molar-refractivity contribution in [2.75, 3.05) is 14.1 Å². The molecule has 0 aliphatic carbocycles. The van der Waals surface area contributed by atoms with Crippen LogP contribution in [0.5, 0.6) is 0 Å². The van der Waals surface area contributed by atoms with Gasteiger partial charge in [-0.25, -0.2) is 4.98 Å². The Balaban J connectivity index is 2.17. The Morgan fingerprint density at radius 3 is 2.60 bits per heavy atom. The van der Waals surface area contributed by atoms with Crippen LogP contribution in [0.15, 0.2) is 42.7 Å². The van der Waals surface area contributed by atoms with E-state index < -0.39 is 0 Å². The first kappa shape index (κ1) is 12.3. The standard InChI is InChI=1S/C15H14N4O/c1-19(2)15(20)11-4-3-5-12-13(11)18-14(17-12)10-6-8-16-9-7-10/h3-9H,1-2H3,(H,17,18). The molecule has 5 heteroatoms. The fraction of sp³-hybridized carbons (Fsp3) is 0.133. The number of hydrogen-bond donors (Lipinski definition) is 1. The predicted octanol–water partition coefficient (Wildman–Crippen LogP) is 2.33. The van der Waals surface area contributed by atoms with Crippen LogP contribution in [0.3, 0.4) is 0 Å². The van der Waals surface area contributed by atoms with E-state index in [4.69, 9.17) is 0 Å². The molecule has 2 aromatic heterocycles. The van der Waals surface area contributed by atoms with E-state index >= 15 is 0 Å². The molecule has 0 aliphatic heterocycles. The second kappa shape index (κ2) is 4.77. The van der Waals surface area contributed by atoms with Crippen molar-refractivity contribution in [2.24, 2.45) is 0 Å². The van der Waals surface area contributed by atoms with Crippen molar-refractivity contribution in [2.45, 2.75) is 0 Å². The summed E-state index contributed by atoms with van der Waals surface area (Å²) >= 11 is 0. The van der Waals surface area contributed by atoms with Crippen molar-refractivity contribution in [3.63, 3.8) is 0 Å². The number of rotatable bonds is 2. The van der Waals surface area contributed by atoms with E-state index in [0.717, 1.165) is 16.9 Å². The molecule has 1 aromatic carbocycles. The van der Waals surface area contributed by atoms with E-state index in [1.165, 1.54) is 0 Å². The Hall–Kier alpha value is -2.69. The van der Waals surface area contributed by atoms with E-state index in [-0.39, 0.29) is 5.91 Å². The van der Waals surface area contributed by atoms with Crippen LogP contribution in [0.4, 0.5) is 0 Å². The zero-order valence-electron chi connectivity index (χ0n) is 11.3. The first-order valence-corrected chi connectivity index (χ1v) is 6.27. The minimum Gasteiger partial charge on any atom is -0.345 e. The number of nitrogens with one attached hydrogen (secondary N) is 1. The highest BCUT2D eigenvalue weighted by molar-refractivity contribution is 6.05. The highest BCUT2D eigenvalue weighted by Gasteiger charge is 2.15. The van der Waals surface area contributed by atoms with E-state index in [0.29, 0.717) is 11.1 Å². The number of H-pyrrole nitrogens is 1. The zero-order chi connectivity index (χ0) is 14.1. The van der Waals surface area contributed by atoms with Gasteiger partial charge >= 0.3 is 0 Å². The van der Waals surface area contributed by atoms with Crippen LogP contribution in [0.1, 0.15) is 10.4 Å². The molecule has 3 aromatic rings. The van der Waals surface area contributed by atoms with Gasteiger partial charge in [0.15, 0.2) is 0 Å². The second-order valence-corrected chi connectivity index (χ2v) is 4.72. The van der Waals surface area contributed by atoms with Crippen LogP contribution in [-0.2, 0) is 0 Å². The molecule has 0 saturated heterocycles. The third kappa shape index (κ3) is 2.03. The van der Waals surface area contributed by atoms with E-state index in [1.807, 2.05) is 24.3 Å². The Labute approximate surface area is 116 Å². The number of aromatic amines is 1. The molecular formula is C15H14N4O. The molecule has 2 heterocycles. The fourth-order valence-corrected chi connectivity index (χ4v) is 2.09. The molecule has 1 amide bonds. The van der Waals surface area contributed by atoms with Crippen LogP contribution >= 0.6 is 0 Å². The van der Waals surface area contributed by atoms with Crippen molar-refractivity contribution in [1.82, 2.24) is 19.9 Å². The van der Waals surface area contributed by atoms with E-state index in [2.05, 4.69) is 15.0 Å². The number of hydrogen-bond acceptors (Lipinski definition) is 3. The number of imidazole rings is 1. The maximum Gasteiger partial charge on any atom is 0.255 e. The summed E-state index contributed by atoms with van der Waals surface area (Å²) in [6.07, 6.45) is 3.43. The summed E-state index contributed by atoms with van der Waals surface area (Å²) in [5, 5.41) is 0. The zero-order valence-corrected chi connectivity index (χ0v) is 11.3. The van der Waals surface area contributed by atoms with Gasteiger partial charge in [0.05, 0.1) is 11.1 Å². The summed E-state index contributed by atoms with van der Waals surface area (Å²) in [6.45, 7) is 0. The van der Waals surface area contributed by atoms with Crippen LogP contribution in [0.2, 0.25) is 0 Å². The van der Waals surface area contributed by atoms with Crippen molar-refractivity contribution >= 4 is 16.9 Å². The van der Waals surface area contributed by atoms with Gasteiger partial charge in [-0.1, -0.05) is 6.07 Å². The van der Waals surface area contributed by atoms with Crippen molar-refractivity contribution < 1.29 is 4.79 Å². The normalized spacial score (nSPS) is 10.7. The molecule has 20 heavy (non-hydrogen) atoms. The van der Waals surface area contributed by atoms with Gasteiger partial charge in [0.1, 0.15) is 11.3 Å². The number of carbonyl (C=O) groups is 1. The monoisotopic (exact) mass is 266 g/mol.